The molecule has 24 heavy (non-hydrogen) atoms. The number of carbonyl (C=O) groups excluding carboxylic acids is 1. The van der Waals surface area contributed by atoms with Gasteiger partial charge in [0.2, 0.25) is 0 Å². The fourth-order valence-electron chi connectivity index (χ4n) is 1.71. The number of ketones is 1. The van der Waals surface area contributed by atoms with Gasteiger partial charge in [-0.3, -0.25) is 4.79 Å². The van der Waals surface area contributed by atoms with Gasteiger partial charge in [0.1, 0.15) is 0 Å². The second-order valence-electron chi connectivity index (χ2n) is 4.74. The summed E-state index contributed by atoms with van der Waals surface area (Å²) in [5.74, 6) is 0.121. The topological polar surface area (TPSA) is 17.1 Å². The number of carbonyl (C=O) groups is 1. The maximum absolute atomic E-state index is 10.6. The van der Waals surface area contributed by atoms with Crippen molar-refractivity contribution in [1.29, 1.82) is 0 Å². The third-order valence-corrected chi connectivity index (χ3v) is 2.85. The maximum atomic E-state index is 10.6. The van der Waals surface area contributed by atoms with E-state index in [-0.39, 0.29) is 5.78 Å². The molecule has 0 N–H and O–H groups in total. The molecule has 0 aliphatic rings. The molecule has 1 nitrogen and oxygen atoms in total. The van der Waals surface area contributed by atoms with E-state index in [1.165, 1.54) is 5.56 Å². The van der Waals surface area contributed by atoms with Crippen molar-refractivity contribution in [2.45, 2.75) is 27.7 Å². The molecule has 1 heteroatoms. The van der Waals surface area contributed by atoms with Gasteiger partial charge in [0.05, 0.1) is 0 Å². The number of hydrogen-bond donors (Lipinski definition) is 0. The van der Waals surface area contributed by atoms with Crippen molar-refractivity contribution >= 4 is 11.9 Å². The molecule has 0 fully saturated rings. The predicted molar refractivity (Wildman–Crippen MR) is 107 cm³/mol. The highest BCUT2D eigenvalue weighted by molar-refractivity contribution is 5.93. The Morgan fingerprint density at radius 2 is 1.38 bits per heavy atom. The second kappa shape index (κ2) is 14.0. The van der Waals surface area contributed by atoms with E-state index < -0.39 is 0 Å². The first-order chi connectivity index (χ1) is 11.6. The first-order valence-corrected chi connectivity index (χ1v) is 8.24. The smallest absolute Gasteiger partial charge is 0.159 e. The number of benzene rings is 2. The van der Waals surface area contributed by atoms with Crippen molar-refractivity contribution in [2.75, 3.05) is 0 Å². The molecule has 0 atom stereocenters. The van der Waals surface area contributed by atoms with Crippen molar-refractivity contribution in [3.63, 3.8) is 0 Å². The average molecular weight is 320 g/mol. The van der Waals surface area contributed by atoms with E-state index in [4.69, 9.17) is 0 Å². The third-order valence-electron chi connectivity index (χ3n) is 2.85. The van der Waals surface area contributed by atoms with E-state index in [9.17, 15) is 4.79 Å². The first kappa shape index (κ1) is 21.3. The lowest BCUT2D eigenvalue weighted by atomic mass is 10.1. The van der Waals surface area contributed by atoms with Crippen LogP contribution in [-0.2, 0) is 0 Å². The Hall–Kier alpha value is -2.67. The number of hydrogen-bond acceptors (Lipinski definition) is 1. The molecule has 0 aromatic heterocycles. The van der Waals surface area contributed by atoms with Gasteiger partial charge in [-0.25, -0.2) is 0 Å². The zero-order valence-corrected chi connectivity index (χ0v) is 15.2. The molecule has 0 heterocycles. The summed E-state index contributed by atoms with van der Waals surface area (Å²) >= 11 is 0. The molecule has 0 bridgehead atoms. The molecule has 0 unspecified atom stereocenters. The summed E-state index contributed by atoms with van der Waals surface area (Å²) in [7, 11) is 0. The fourth-order valence-corrected chi connectivity index (χ4v) is 1.71. The van der Waals surface area contributed by atoms with Crippen LogP contribution in [0.25, 0.3) is 6.08 Å². The standard InChI is InChI=1S/C13H14.C8H8O.C2H6/c1-3-7-12(2)10-11-13-8-5-4-6-9-13;1-7(9)8-5-3-2-4-6-8;1-2/h3-11H,2H2,1H3;2-6H,1H3;1-2H3/b7-3-,11-10+;;. The van der Waals surface area contributed by atoms with Crippen LogP contribution < -0.4 is 0 Å². The van der Waals surface area contributed by atoms with Gasteiger partial charge in [-0.15, -0.1) is 0 Å². The van der Waals surface area contributed by atoms with Gasteiger partial charge in [-0.2, -0.15) is 0 Å². The van der Waals surface area contributed by atoms with Gasteiger partial charge < -0.3 is 0 Å². The van der Waals surface area contributed by atoms with Crippen LogP contribution in [0.15, 0.2) is 91.0 Å². The minimum absolute atomic E-state index is 0.121. The molecule has 2 rings (SSSR count). The summed E-state index contributed by atoms with van der Waals surface area (Å²) in [4.78, 5) is 10.6. The predicted octanol–water partition coefficient (Wildman–Crippen LogP) is 6.75. The lowest BCUT2D eigenvalue weighted by molar-refractivity contribution is 0.101. The molecule has 0 aliphatic carbocycles. The monoisotopic (exact) mass is 320 g/mol. The van der Waals surface area contributed by atoms with Crippen LogP contribution in [0.1, 0.15) is 43.6 Å². The van der Waals surface area contributed by atoms with Crippen LogP contribution in [0.4, 0.5) is 0 Å². The lowest BCUT2D eigenvalue weighted by Crippen LogP contribution is -1.88. The van der Waals surface area contributed by atoms with E-state index in [0.717, 1.165) is 11.1 Å². The molecule has 0 radical (unpaired) electrons. The average Bonchev–Trinajstić information content (AvgIpc) is 2.64. The Morgan fingerprint density at radius 1 is 0.875 bits per heavy atom. The van der Waals surface area contributed by atoms with Crippen LogP contribution in [0.5, 0.6) is 0 Å². The van der Waals surface area contributed by atoms with Crippen LogP contribution in [0.2, 0.25) is 0 Å². The van der Waals surface area contributed by atoms with Gasteiger partial charge in [0, 0.05) is 5.56 Å². The molecule has 0 saturated heterocycles. The summed E-state index contributed by atoms with van der Waals surface area (Å²) in [5, 5.41) is 0. The largest absolute Gasteiger partial charge is 0.295 e. The van der Waals surface area contributed by atoms with Crippen molar-refractivity contribution in [3.05, 3.63) is 102 Å². The SMILES string of the molecule is C=C(/C=C\C)/C=C/c1ccccc1.CC.CC(=O)c1ccccc1. The van der Waals surface area contributed by atoms with Gasteiger partial charge in [0.25, 0.3) is 0 Å². The van der Waals surface area contributed by atoms with Crippen LogP contribution >= 0.6 is 0 Å². The van der Waals surface area contributed by atoms with Gasteiger partial charge >= 0.3 is 0 Å². The minimum Gasteiger partial charge on any atom is -0.295 e. The molecular formula is C23H28O. The van der Waals surface area contributed by atoms with E-state index >= 15 is 0 Å². The quantitative estimate of drug-likeness (QED) is 0.450. The van der Waals surface area contributed by atoms with Gasteiger partial charge in [-0.1, -0.05) is 105 Å². The Bertz CT molecular complexity index is 634. The molecule has 126 valence electrons. The highest BCUT2D eigenvalue weighted by Crippen LogP contribution is 2.04. The summed E-state index contributed by atoms with van der Waals surface area (Å²) in [6.45, 7) is 11.4. The Balaban J connectivity index is 0.000000420. The zero-order valence-electron chi connectivity index (χ0n) is 15.2. The molecule has 0 spiro atoms. The molecule has 0 amide bonds. The van der Waals surface area contributed by atoms with Crippen LogP contribution in [0, 0.1) is 0 Å². The normalized spacial score (nSPS) is 9.67. The lowest BCUT2D eigenvalue weighted by Gasteiger charge is -1.91. The second-order valence-corrected chi connectivity index (χ2v) is 4.74. The maximum Gasteiger partial charge on any atom is 0.159 e. The van der Waals surface area contributed by atoms with E-state index in [1.54, 1.807) is 6.92 Å². The summed E-state index contributed by atoms with van der Waals surface area (Å²) in [5.41, 5.74) is 3.00. The van der Waals surface area contributed by atoms with E-state index in [0.29, 0.717) is 0 Å². The molecule has 2 aromatic carbocycles. The van der Waals surface area contributed by atoms with Crippen LogP contribution in [-0.4, -0.2) is 5.78 Å². The molecular weight excluding hydrogens is 292 g/mol. The summed E-state index contributed by atoms with van der Waals surface area (Å²) < 4.78 is 0. The Labute approximate surface area is 147 Å². The van der Waals surface area contributed by atoms with Crippen LogP contribution in [0.3, 0.4) is 0 Å². The Morgan fingerprint density at radius 3 is 1.79 bits per heavy atom. The third kappa shape index (κ3) is 10.1. The van der Waals surface area contributed by atoms with Crippen molar-refractivity contribution in [3.8, 4) is 0 Å². The molecule has 0 saturated carbocycles. The number of rotatable bonds is 4. The number of Topliss-reactive ketones (excluding diaryl/α,β-unsaturated/α-hetero) is 1. The first-order valence-electron chi connectivity index (χ1n) is 8.24. The highest BCUT2D eigenvalue weighted by Gasteiger charge is 1.92. The van der Waals surface area contributed by atoms with E-state index in [1.807, 2.05) is 87.5 Å². The zero-order chi connectivity index (χ0) is 18.2. The van der Waals surface area contributed by atoms with Crippen molar-refractivity contribution in [2.24, 2.45) is 0 Å². The van der Waals surface area contributed by atoms with Crippen molar-refractivity contribution < 1.29 is 4.79 Å². The highest BCUT2D eigenvalue weighted by atomic mass is 16.1. The van der Waals surface area contributed by atoms with E-state index in [2.05, 4.69) is 24.8 Å². The minimum atomic E-state index is 0.121. The summed E-state index contributed by atoms with van der Waals surface area (Å²) in [6.07, 6.45) is 8.04. The van der Waals surface area contributed by atoms with Gasteiger partial charge in [-0.05, 0) is 25.0 Å². The number of allylic oxidation sites excluding steroid dienone is 4. The molecule has 0 aliphatic heterocycles. The van der Waals surface area contributed by atoms with Gasteiger partial charge in [0.15, 0.2) is 5.78 Å². The summed E-state index contributed by atoms with van der Waals surface area (Å²) in [6, 6.07) is 19.4. The fraction of sp³-hybridized carbons (Fsp3) is 0.174. The molecule has 2 aromatic rings. The van der Waals surface area contributed by atoms with Crippen molar-refractivity contribution in [1.82, 2.24) is 0 Å². The Kier molecular flexibility index (Phi) is 12.4.